The molecule has 0 aliphatic carbocycles. The van der Waals surface area contributed by atoms with Crippen LogP contribution in [0.3, 0.4) is 0 Å². The second-order valence-corrected chi connectivity index (χ2v) is 23.0. The number of benzene rings is 4. The van der Waals surface area contributed by atoms with Crippen LogP contribution < -0.4 is 14.4 Å². The van der Waals surface area contributed by atoms with E-state index in [1.165, 1.54) is 31.8 Å². The molecule has 2 aliphatic heterocycles. The van der Waals surface area contributed by atoms with Gasteiger partial charge in [-0.05, 0) is 139 Å². The number of rotatable bonds is 33. The fourth-order valence-corrected chi connectivity index (χ4v) is 12.1. The summed E-state index contributed by atoms with van der Waals surface area (Å²) in [5.41, 5.74) is 8.59. The quantitative estimate of drug-likeness (QED) is 0.0246. The number of fused-ring (bicyclic) bond motifs is 1. The van der Waals surface area contributed by atoms with Crippen molar-refractivity contribution in [3.05, 3.63) is 172 Å². The zero-order valence-corrected chi connectivity index (χ0v) is 50.4. The average Bonchev–Trinajstić information content (AvgIpc) is 2.05. The van der Waals surface area contributed by atoms with Crippen molar-refractivity contribution in [2.45, 2.75) is 144 Å². The van der Waals surface area contributed by atoms with Crippen LogP contribution in [0.25, 0.3) is 43.9 Å². The van der Waals surface area contributed by atoms with Crippen molar-refractivity contribution >= 4 is 63.7 Å². The van der Waals surface area contributed by atoms with Gasteiger partial charge in [-0.1, -0.05) is 161 Å². The molecule has 11 nitrogen and oxygen atoms in total. The molecular weight excluding hydrogens is 1050 g/mol. The summed E-state index contributed by atoms with van der Waals surface area (Å²) in [5.74, 6) is 0.578. The van der Waals surface area contributed by atoms with Gasteiger partial charge >= 0.3 is 5.97 Å². The Balaban J connectivity index is 1.16. The van der Waals surface area contributed by atoms with Gasteiger partial charge in [0.1, 0.15) is 11.5 Å². The number of carbonyl (C=O) groups is 3. The molecule has 2 unspecified atom stereocenters. The number of thiophene rings is 1. The van der Waals surface area contributed by atoms with Crippen LogP contribution in [0.5, 0.6) is 11.5 Å². The summed E-state index contributed by atoms with van der Waals surface area (Å²) in [6.07, 6.45) is 20.3. The molecule has 6 aromatic rings. The lowest BCUT2D eigenvalue weighted by Crippen LogP contribution is -2.34. The second-order valence-electron chi connectivity index (χ2n) is 22.0. The number of unbranched alkanes of at least 4 members (excludes halogenated alkanes) is 8. The van der Waals surface area contributed by atoms with E-state index >= 15 is 9.59 Å². The number of anilines is 3. The Morgan fingerprint density at radius 2 is 1.05 bits per heavy atom. The van der Waals surface area contributed by atoms with E-state index in [1.54, 1.807) is 29.7 Å². The van der Waals surface area contributed by atoms with E-state index in [9.17, 15) is 9.90 Å². The molecule has 434 valence electrons. The first kappa shape index (κ1) is 61.3. The number of carboxylic acids is 1. The zero-order valence-electron chi connectivity index (χ0n) is 49.6. The first-order valence-corrected chi connectivity index (χ1v) is 31.3. The maximum absolute atomic E-state index is 15.5. The summed E-state index contributed by atoms with van der Waals surface area (Å²) < 4.78 is 12.3. The van der Waals surface area contributed by atoms with Gasteiger partial charge in [-0.3, -0.25) is 19.4 Å². The topological polar surface area (TPSA) is 117 Å². The minimum Gasteiger partial charge on any atom is -0.494 e. The molecule has 0 spiro atoms. The van der Waals surface area contributed by atoms with E-state index in [0.717, 1.165) is 132 Å². The van der Waals surface area contributed by atoms with Gasteiger partial charge in [-0.2, -0.15) is 0 Å². The van der Waals surface area contributed by atoms with Gasteiger partial charge in [0.05, 0.1) is 52.9 Å². The van der Waals surface area contributed by atoms with Crippen LogP contribution >= 0.6 is 11.3 Å². The van der Waals surface area contributed by atoms with Crippen LogP contribution in [-0.2, 0) is 14.4 Å². The van der Waals surface area contributed by atoms with Gasteiger partial charge in [-0.15, -0.1) is 11.3 Å². The van der Waals surface area contributed by atoms with Crippen LogP contribution in [0.2, 0.25) is 0 Å². The lowest BCUT2D eigenvalue weighted by Gasteiger charge is -2.29. The predicted octanol–water partition coefficient (Wildman–Crippen LogP) is 18.4. The Morgan fingerprint density at radius 1 is 0.578 bits per heavy atom. The lowest BCUT2D eigenvalue weighted by molar-refractivity contribution is -0.132. The van der Waals surface area contributed by atoms with Crippen molar-refractivity contribution in [1.82, 2.24) is 14.8 Å². The summed E-state index contributed by atoms with van der Waals surface area (Å²) in [5, 5.41) is 9.39. The summed E-state index contributed by atoms with van der Waals surface area (Å²) in [6, 6.07) is 40.7. The monoisotopic (exact) mass is 1130 g/mol. The van der Waals surface area contributed by atoms with E-state index in [1.807, 2.05) is 34.1 Å². The molecule has 2 amide bonds. The van der Waals surface area contributed by atoms with Gasteiger partial charge in [0.2, 0.25) is 0 Å². The summed E-state index contributed by atoms with van der Waals surface area (Å²) >= 11 is 1.61. The van der Waals surface area contributed by atoms with E-state index in [-0.39, 0.29) is 29.3 Å². The van der Waals surface area contributed by atoms with Crippen LogP contribution in [0.1, 0.15) is 160 Å². The Hall–Kier alpha value is -7.75. The number of carboxylic acid groups (broad SMARTS) is 1. The number of aliphatic carboxylic acids is 1. The zero-order chi connectivity index (χ0) is 58.7. The molecule has 0 radical (unpaired) electrons. The third-order valence-electron chi connectivity index (χ3n) is 16.0. The Kier molecular flexibility index (Phi) is 22.6. The molecule has 12 heteroatoms. The lowest BCUT2D eigenvalue weighted by atomic mass is 9.98. The van der Waals surface area contributed by atoms with Crippen molar-refractivity contribution in [1.29, 1.82) is 0 Å². The molecule has 0 bridgehead atoms. The van der Waals surface area contributed by atoms with Crippen molar-refractivity contribution in [3.63, 3.8) is 0 Å². The van der Waals surface area contributed by atoms with Crippen LogP contribution in [-0.4, -0.2) is 64.0 Å². The van der Waals surface area contributed by atoms with Gasteiger partial charge in [0.25, 0.3) is 17.5 Å². The van der Waals surface area contributed by atoms with E-state index in [4.69, 9.17) is 21.0 Å². The first-order chi connectivity index (χ1) is 40.5. The maximum Gasteiger partial charge on any atom is 0.333 e. The Labute approximate surface area is 497 Å². The van der Waals surface area contributed by atoms with Crippen LogP contribution in [0, 0.1) is 18.4 Å². The van der Waals surface area contributed by atoms with Crippen molar-refractivity contribution in [2.24, 2.45) is 11.8 Å². The number of nitrogens with zero attached hydrogens (tertiary/aromatic N) is 5. The Morgan fingerprint density at radius 3 is 1.52 bits per heavy atom. The summed E-state index contributed by atoms with van der Waals surface area (Å²) in [6.45, 7) is 22.8. The molecule has 1 N–H and O–H groups in total. The van der Waals surface area contributed by atoms with Gasteiger partial charge in [0, 0.05) is 46.8 Å². The minimum atomic E-state index is -1.27. The predicted molar refractivity (Wildman–Crippen MR) is 339 cm³/mol. The normalized spacial score (nSPS) is 14.1. The smallest absolute Gasteiger partial charge is 0.333 e. The maximum atomic E-state index is 15.5. The highest BCUT2D eigenvalue weighted by Gasteiger charge is 2.50. The van der Waals surface area contributed by atoms with Gasteiger partial charge < -0.3 is 29.3 Å². The van der Waals surface area contributed by atoms with E-state index < -0.39 is 5.97 Å². The molecule has 83 heavy (non-hydrogen) atoms. The number of carbonyl (C=O) groups excluding carboxylic acids is 2. The number of hydrogen-bond donors (Lipinski definition) is 1. The molecule has 8 rings (SSSR count). The Bertz CT molecular complexity index is 3190. The number of amides is 2. The van der Waals surface area contributed by atoms with E-state index in [2.05, 4.69) is 136 Å². The van der Waals surface area contributed by atoms with Crippen molar-refractivity contribution in [2.75, 3.05) is 31.2 Å². The largest absolute Gasteiger partial charge is 0.494 e. The van der Waals surface area contributed by atoms with Gasteiger partial charge in [0.15, 0.2) is 0 Å². The van der Waals surface area contributed by atoms with Gasteiger partial charge in [-0.25, -0.2) is 4.85 Å². The minimum absolute atomic E-state index is 0.162. The number of ether oxygens (including phenoxy) is 2. The third kappa shape index (κ3) is 15.3. The summed E-state index contributed by atoms with van der Waals surface area (Å²) in [4.78, 5) is 58.6. The fourth-order valence-electron chi connectivity index (χ4n) is 11.1. The molecule has 0 saturated carbocycles. The number of aromatic nitrogens is 1. The van der Waals surface area contributed by atoms with Crippen LogP contribution in [0.4, 0.5) is 17.1 Å². The molecule has 0 fully saturated rings. The molecule has 2 aliphatic rings. The standard InChI is InChI=1S/C71H83N5O6S/c1-8-14-18-20-44-81-59-37-33-57(34-38-59)76(58-35-39-60(40-36-58)82-45-21-19-15-9-2)56-31-28-54(29-32-56)63-42-43-64(83-63)68-66-65(69(77)75(68)49-51(13-6)23-17-11-4)67(74(70(66)78)48-50(12-5)22-16-10-3)61-41-30-55(47-73-61)53-26-24-52(25-27-53)46-62(72-7)71(79)80/h24-43,46-47,50-51H,8-23,44-45,48-49H2,1-6H3,(H,79,80)/b62-46-. The molecule has 2 aromatic heterocycles. The number of hydrogen-bond acceptors (Lipinski definition) is 8. The fraction of sp³-hybridized carbons (Fsp3) is 0.394. The highest BCUT2D eigenvalue weighted by atomic mass is 32.1. The van der Waals surface area contributed by atoms with E-state index in [0.29, 0.717) is 60.1 Å². The van der Waals surface area contributed by atoms with Crippen molar-refractivity contribution < 1.29 is 29.0 Å². The SMILES string of the molecule is [C-]#[N+]/C(=C\c1ccc(-c2ccc(C3=C4C(=O)N(CC(CC)CCCC)C(c5ccc(-c6ccc(N(c7ccc(OCCCCCC)cc7)c7ccc(OCCCCCC)cc7)cc6)s5)=C4C(=O)N3CC(CC)CCCC)nc2)cc1)C(=O)O. The highest BCUT2D eigenvalue weighted by molar-refractivity contribution is 7.16. The average molecular weight is 1130 g/mol. The summed E-state index contributed by atoms with van der Waals surface area (Å²) in [7, 11) is 0. The van der Waals surface area contributed by atoms with Crippen LogP contribution in [0.15, 0.2) is 144 Å². The first-order valence-electron chi connectivity index (χ1n) is 30.5. The molecule has 4 aromatic carbocycles. The highest BCUT2D eigenvalue weighted by Crippen LogP contribution is 2.49. The van der Waals surface area contributed by atoms with Crippen molar-refractivity contribution in [3.8, 4) is 33.1 Å². The molecule has 2 atom stereocenters. The second kappa shape index (κ2) is 30.5. The molecule has 4 heterocycles. The number of pyridine rings is 1. The molecular formula is C71H83N5O6S. The molecule has 0 saturated heterocycles. The third-order valence-corrected chi connectivity index (χ3v) is 17.2.